The van der Waals surface area contributed by atoms with Gasteiger partial charge < -0.3 is 10.0 Å². The number of carbonyl (C=O) groups is 1. The summed E-state index contributed by atoms with van der Waals surface area (Å²) < 4.78 is 0. The summed E-state index contributed by atoms with van der Waals surface area (Å²) >= 11 is 1.73. The standard InChI is InChI=1S/C16H15NO2S/c18-16(19)17-8-9-20-15-7-6-13(10-14(15)11-17)12-4-2-1-3-5-12/h1-7,10H,8-9,11H2,(H,18,19). The van der Waals surface area contributed by atoms with Gasteiger partial charge in [-0.3, -0.25) is 0 Å². The first kappa shape index (κ1) is 13.1. The molecule has 4 heteroatoms. The van der Waals surface area contributed by atoms with Crippen LogP contribution in [-0.4, -0.2) is 28.4 Å². The minimum atomic E-state index is -0.844. The van der Waals surface area contributed by atoms with Crippen LogP contribution in [0.15, 0.2) is 53.4 Å². The van der Waals surface area contributed by atoms with Gasteiger partial charge in [-0.1, -0.05) is 36.4 Å². The van der Waals surface area contributed by atoms with E-state index in [1.807, 2.05) is 18.2 Å². The summed E-state index contributed by atoms with van der Waals surface area (Å²) in [5.74, 6) is 0.810. The Morgan fingerprint density at radius 1 is 1.10 bits per heavy atom. The Kier molecular flexibility index (Phi) is 3.65. The molecule has 1 aliphatic heterocycles. The van der Waals surface area contributed by atoms with Crippen molar-refractivity contribution in [1.82, 2.24) is 4.90 Å². The van der Waals surface area contributed by atoms with Crippen LogP contribution in [0.5, 0.6) is 0 Å². The molecule has 1 aliphatic rings. The van der Waals surface area contributed by atoms with Crippen LogP contribution in [0.25, 0.3) is 11.1 Å². The van der Waals surface area contributed by atoms with E-state index in [1.54, 1.807) is 11.8 Å². The molecule has 0 aliphatic carbocycles. The maximum atomic E-state index is 11.2. The summed E-state index contributed by atoms with van der Waals surface area (Å²) in [5.41, 5.74) is 3.39. The third-order valence-corrected chi connectivity index (χ3v) is 4.51. The lowest BCUT2D eigenvalue weighted by Crippen LogP contribution is -2.29. The summed E-state index contributed by atoms with van der Waals surface area (Å²) in [5, 5.41) is 9.19. The molecule has 1 heterocycles. The first-order chi connectivity index (χ1) is 9.74. The largest absolute Gasteiger partial charge is 0.465 e. The topological polar surface area (TPSA) is 40.5 Å². The molecule has 0 saturated heterocycles. The highest BCUT2D eigenvalue weighted by molar-refractivity contribution is 7.99. The first-order valence-corrected chi connectivity index (χ1v) is 7.51. The number of hydrogen-bond donors (Lipinski definition) is 1. The van der Waals surface area contributed by atoms with Gasteiger partial charge in [-0.2, -0.15) is 0 Å². The summed E-state index contributed by atoms with van der Waals surface area (Å²) in [6.07, 6.45) is -0.844. The smallest absolute Gasteiger partial charge is 0.407 e. The molecule has 3 rings (SSSR count). The van der Waals surface area contributed by atoms with E-state index in [0.717, 1.165) is 22.4 Å². The molecule has 0 atom stereocenters. The Bertz CT molecular complexity index is 628. The molecule has 20 heavy (non-hydrogen) atoms. The lowest BCUT2D eigenvalue weighted by atomic mass is 10.0. The lowest BCUT2D eigenvalue weighted by Gasteiger charge is -2.16. The minimum Gasteiger partial charge on any atom is -0.465 e. The Morgan fingerprint density at radius 3 is 2.65 bits per heavy atom. The highest BCUT2D eigenvalue weighted by Gasteiger charge is 2.18. The number of benzene rings is 2. The van der Waals surface area contributed by atoms with Crippen molar-refractivity contribution in [1.29, 1.82) is 0 Å². The number of nitrogens with zero attached hydrogens (tertiary/aromatic N) is 1. The van der Waals surface area contributed by atoms with Gasteiger partial charge in [0.25, 0.3) is 0 Å². The second-order valence-corrected chi connectivity index (χ2v) is 5.88. The summed E-state index contributed by atoms with van der Waals surface area (Å²) in [6.45, 7) is 1.05. The van der Waals surface area contributed by atoms with Crippen LogP contribution in [0.2, 0.25) is 0 Å². The zero-order chi connectivity index (χ0) is 13.9. The maximum Gasteiger partial charge on any atom is 0.407 e. The van der Waals surface area contributed by atoms with Gasteiger partial charge in [0.05, 0.1) is 6.54 Å². The van der Waals surface area contributed by atoms with Crippen molar-refractivity contribution >= 4 is 17.9 Å². The molecule has 2 aromatic carbocycles. The van der Waals surface area contributed by atoms with Gasteiger partial charge in [-0.05, 0) is 28.8 Å². The Hall–Kier alpha value is -1.94. The van der Waals surface area contributed by atoms with E-state index in [0.29, 0.717) is 13.1 Å². The maximum absolute atomic E-state index is 11.2. The van der Waals surface area contributed by atoms with Crippen LogP contribution in [-0.2, 0) is 6.54 Å². The third-order valence-electron chi connectivity index (χ3n) is 3.42. The molecule has 0 bridgehead atoms. The monoisotopic (exact) mass is 285 g/mol. The van der Waals surface area contributed by atoms with Crippen LogP contribution in [0, 0.1) is 0 Å². The van der Waals surface area contributed by atoms with Crippen molar-refractivity contribution in [3.05, 3.63) is 54.1 Å². The number of fused-ring (bicyclic) bond motifs is 1. The van der Waals surface area contributed by atoms with Gasteiger partial charge >= 0.3 is 6.09 Å². The van der Waals surface area contributed by atoms with Crippen LogP contribution < -0.4 is 0 Å². The van der Waals surface area contributed by atoms with Gasteiger partial charge in [0.15, 0.2) is 0 Å². The van der Waals surface area contributed by atoms with Gasteiger partial charge in [-0.25, -0.2) is 4.79 Å². The van der Waals surface area contributed by atoms with Crippen molar-refractivity contribution in [3.63, 3.8) is 0 Å². The Labute approximate surface area is 122 Å². The summed E-state index contributed by atoms with van der Waals surface area (Å²) in [4.78, 5) is 13.9. The van der Waals surface area contributed by atoms with E-state index in [4.69, 9.17) is 0 Å². The van der Waals surface area contributed by atoms with Crippen LogP contribution in [0.4, 0.5) is 4.79 Å². The molecule has 0 spiro atoms. The second kappa shape index (κ2) is 5.59. The lowest BCUT2D eigenvalue weighted by molar-refractivity contribution is 0.145. The molecule has 102 valence electrons. The molecule has 0 radical (unpaired) electrons. The SMILES string of the molecule is O=C(O)N1CCSc2ccc(-c3ccccc3)cc2C1. The van der Waals surface area contributed by atoms with E-state index < -0.39 is 6.09 Å². The normalized spacial score (nSPS) is 14.5. The molecule has 2 aromatic rings. The zero-order valence-electron chi connectivity index (χ0n) is 11.0. The van der Waals surface area contributed by atoms with Gasteiger partial charge in [0, 0.05) is 17.2 Å². The number of carboxylic acid groups (broad SMARTS) is 1. The van der Waals surface area contributed by atoms with E-state index in [1.165, 1.54) is 9.80 Å². The van der Waals surface area contributed by atoms with Crippen LogP contribution in [0.1, 0.15) is 5.56 Å². The molecule has 0 aromatic heterocycles. The number of amides is 1. The number of rotatable bonds is 1. The van der Waals surface area contributed by atoms with E-state index in [9.17, 15) is 9.90 Å². The molecule has 1 N–H and O–H groups in total. The van der Waals surface area contributed by atoms with Gasteiger partial charge in [0.1, 0.15) is 0 Å². The highest BCUT2D eigenvalue weighted by atomic mass is 32.2. The van der Waals surface area contributed by atoms with Crippen LogP contribution >= 0.6 is 11.8 Å². The molecule has 0 saturated carbocycles. The quantitative estimate of drug-likeness (QED) is 0.862. The molecular weight excluding hydrogens is 270 g/mol. The summed E-state index contributed by atoms with van der Waals surface area (Å²) in [7, 11) is 0. The highest BCUT2D eigenvalue weighted by Crippen LogP contribution is 2.31. The fourth-order valence-corrected chi connectivity index (χ4v) is 3.37. The van der Waals surface area contributed by atoms with Crippen LogP contribution in [0.3, 0.4) is 0 Å². The average Bonchev–Trinajstić information content (AvgIpc) is 2.69. The predicted molar refractivity (Wildman–Crippen MR) is 81.0 cm³/mol. The predicted octanol–water partition coefficient (Wildman–Crippen LogP) is 3.94. The fourth-order valence-electron chi connectivity index (χ4n) is 2.37. The fraction of sp³-hybridized carbons (Fsp3) is 0.188. The molecule has 0 unspecified atom stereocenters. The van der Waals surface area contributed by atoms with E-state index >= 15 is 0 Å². The van der Waals surface area contributed by atoms with Crippen molar-refractivity contribution in [2.24, 2.45) is 0 Å². The van der Waals surface area contributed by atoms with E-state index in [2.05, 4.69) is 30.3 Å². The molecule has 0 fully saturated rings. The zero-order valence-corrected chi connectivity index (χ0v) is 11.8. The Morgan fingerprint density at radius 2 is 1.90 bits per heavy atom. The second-order valence-electron chi connectivity index (χ2n) is 4.74. The minimum absolute atomic E-state index is 0.471. The first-order valence-electron chi connectivity index (χ1n) is 6.53. The van der Waals surface area contributed by atoms with Crippen molar-refractivity contribution < 1.29 is 9.90 Å². The number of hydrogen-bond acceptors (Lipinski definition) is 2. The third kappa shape index (κ3) is 2.65. The summed E-state index contributed by atoms with van der Waals surface area (Å²) in [6, 6.07) is 16.5. The van der Waals surface area contributed by atoms with Crippen molar-refractivity contribution in [3.8, 4) is 11.1 Å². The number of thioether (sulfide) groups is 1. The molecule has 1 amide bonds. The van der Waals surface area contributed by atoms with E-state index in [-0.39, 0.29) is 0 Å². The molecular formula is C16H15NO2S. The van der Waals surface area contributed by atoms with Gasteiger partial charge in [0.2, 0.25) is 0 Å². The molecule has 3 nitrogen and oxygen atoms in total. The Balaban J connectivity index is 1.97. The van der Waals surface area contributed by atoms with Crippen molar-refractivity contribution in [2.45, 2.75) is 11.4 Å². The van der Waals surface area contributed by atoms with Crippen molar-refractivity contribution in [2.75, 3.05) is 12.3 Å². The van der Waals surface area contributed by atoms with Gasteiger partial charge in [-0.15, -0.1) is 11.8 Å². The average molecular weight is 285 g/mol.